The number of aliphatic hydroxyl groups excluding tert-OH is 1. The lowest BCUT2D eigenvalue weighted by Crippen LogP contribution is -2.38. The highest BCUT2D eigenvalue weighted by atomic mass is 16.7. The molecule has 2 saturated carbocycles. The average molecular weight is 198 g/mol. The van der Waals surface area contributed by atoms with Crippen molar-refractivity contribution in [1.82, 2.24) is 0 Å². The van der Waals surface area contributed by atoms with Gasteiger partial charge >= 0.3 is 0 Å². The van der Waals surface area contributed by atoms with Crippen LogP contribution >= 0.6 is 0 Å². The summed E-state index contributed by atoms with van der Waals surface area (Å²) in [6, 6.07) is 0. The summed E-state index contributed by atoms with van der Waals surface area (Å²) in [6.07, 6.45) is 1.36. The predicted octanol–water partition coefficient (Wildman–Crippen LogP) is 0.0894. The van der Waals surface area contributed by atoms with Gasteiger partial charge in [0.05, 0.1) is 13.2 Å². The Hall–Kier alpha value is -0.450. The van der Waals surface area contributed by atoms with E-state index in [1.54, 1.807) is 0 Å². The van der Waals surface area contributed by atoms with E-state index in [-0.39, 0.29) is 17.6 Å². The van der Waals surface area contributed by atoms with Crippen LogP contribution < -0.4 is 0 Å². The van der Waals surface area contributed by atoms with Gasteiger partial charge in [0.1, 0.15) is 6.10 Å². The first-order chi connectivity index (χ1) is 6.70. The van der Waals surface area contributed by atoms with E-state index in [9.17, 15) is 9.90 Å². The number of ketones is 1. The van der Waals surface area contributed by atoms with Gasteiger partial charge in [-0.05, 0) is 12.3 Å². The van der Waals surface area contributed by atoms with Crippen molar-refractivity contribution in [2.24, 2.45) is 11.8 Å². The fourth-order valence-corrected chi connectivity index (χ4v) is 3.05. The Morgan fingerprint density at radius 1 is 1.29 bits per heavy atom. The van der Waals surface area contributed by atoms with E-state index < -0.39 is 11.9 Å². The maximum Gasteiger partial charge on any atom is 0.169 e. The molecular formula is C10H14O4. The third-order valence-electron chi connectivity index (χ3n) is 3.67. The quantitative estimate of drug-likeness (QED) is 0.599. The molecule has 0 radical (unpaired) electrons. The summed E-state index contributed by atoms with van der Waals surface area (Å²) in [7, 11) is 0. The van der Waals surface area contributed by atoms with Gasteiger partial charge < -0.3 is 14.6 Å². The molecule has 1 saturated heterocycles. The number of hydrogen-bond acceptors (Lipinski definition) is 4. The molecule has 0 aromatic rings. The molecule has 0 aromatic heterocycles. The topological polar surface area (TPSA) is 55.8 Å². The molecule has 1 unspecified atom stereocenters. The minimum atomic E-state index is -0.771. The largest absolute Gasteiger partial charge is 0.385 e. The van der Waals surface area contributed by atoms with Gasteiger partial charge in [-0.25, -0.2) is 0 Å². The molecule has 3 atom stereocenters. The molecule has 2 aliphatic carbocycles. The molecule has 4 heteroatoms. The Morgan fingerprint density at radius 3 is 2.64 bits per heavy atom. The highest BCUT2D eigenvalue weighted by molar-refractivity contribution is 5.88. The van der Waals surface area contributed by atoms with Crippen molar-refractivity contribution >= 4 is 5.78 Å². The zero-order chi connectivity index (χ0) is 9.76. The van der Waals surface area contributed by atoms with Crippen LogP contribution in [-0.2, 0) is 14.3 Å². The summed E-state index contributed by atoms with van der Waals surface area (Å²) in [5, 5.41) is 9.65. The number of aliphatic hydroxyl groups is 1. The van der Waals surface area contributed by atoms with Gasteiger partial charge in [-0.2, -0.15) is 0 Å². The number of carbonyl (C=O) groups is 1. The SMILES string of the molecule is O=C1C2C[C@H](CC3(C2)OCCO3)[C@H]1O. The van der Waals surface area contributed by atoms with Crippen molar-refractivity contribution in [3.05, 3.63) is 0 Å². The molecule has 2 bridgehead atoms. The Balaban J connectivity index is 1.87. The lowest BCUT2D eigenvalue weighted by atomic mass is 9.84. The standard InChI is InChI=1S/C10H14O4/c11-8-6-3-7(9(8)12)5-10(4-6)13-1-2-14-10/h6-8,11H,1-5H2/t6-,7?,8-/m1/s1. The molecule has 78 valence electrons. The second-order valence-corrected chi connectivity index (χ2v) is 4.56. The van der Waals surface area contributed by atoms with Gasteiger partial charge in [-0.3, -0.25) is 4.79 Å². The third-order valence-corrected chi connectivity index (χ3v) is 3.67. The molecule has 1 heterocycles. The maximum atomic E-state index is 11.6. The minimum absolute atomic E-state index is 0.00836. The fourth-order valence-electron chi connectivity index (χ4n) is 3.05. The predicted molar refractivity (Wildman–Crippen MR) is 46.5 cm³/mol. The van der Waals surface area contributed by atoms with E-state index in [4.69, 9.17) is 9.47 Å². The second kappa shape index (κ2) is 2.78. The van der Waals surface area contributed by atoms with Crippen LogP contribution in [-0.4, -0.2) is 36.0 Å². The summed E-state index contributed by atoms with van der Waals surface area (Å²) < 4.78 is 11.1. The lowest BCUT2D eigenvalue weighted by Gasteiger charge is -2.34. The Bertz CT molecular complexity index is 269. The molecule has 3 aliphatic rings. The van der Waals surface area contributed by atoms with E-state index >= 15 is 0 Å². The van der Waals surface area contributed by atoms with Crippen LogP contribution in [0.1, 0.15) is 19.3 Å². The summed E-state index contributed by atoms with van der Waals surface area (Å²) in [4.78, 5) is 11.6. The summed E-state index contributed by atoms with van der Waals surface area (Å²) in [5.41, 5.74) is 0. The monoisotopic (exact) mass is 198 g/mol. The Labute approximate surface area is 82.2 Å². The highest BCUT2D eigenvalue weighted by Crippen LogP contribution is 2.48. The normalized spacial score (nSPS) is 44.9. The first-order valence-electron chi connectivity index (χ1n) is 5.20. The molecule has 1 aliphatic heterocycles. The molecule has 1 N–H and O–H groups in total. The van der Waals surface area contributed by atoms with Crippen LogP contribution in [0.4, 0.5) is 0 Å². The van der Waals surface area contributed by atoms with Gasteiger partial charge in [0, 0.05) is 18.8 Å². The number of ether oxygens (including phenoxy) is 2. The highest BCUT2D eigenvalue weighted by Gasteiger charge is 2.54. The smallest absolute Gasteiger partial charge is 0.169 e. The number of rotatable bonds is 0. The van der Waals surface area contributed by atoms with Crippen molar-refractivity contribution in [2.75, 3.05) is 13.2 Å². The van der Waals surface area contributed by atoms with E-state index in [1.165, 1.54) is 0 Å². The van der Waals surface area contributed by atoms with E-state index in [1.807, 2.05) is 0 Å². The minimum Gasteiger partial charge on any atom is -0.385 e. The van der Waals surface area contributed by atoms with Gasteiger partial charge in [-0.15, -0.1) is 0 Å². The number of hydrogen-bond donors (Lipinski definition) is 1. The number of fused-ring (bicyclic) bond motifs is 2. The van der Waals surface area contributed by atoms with E-state index in [0.717, 1.165) is 6.42 Å². The third kappa shape index (κ3) is 1.08. The van der Waals surface area contributed by atoms with E-state index in [2.05, 4.69) is 0 Å². The molecule has 3 rings (SSSR count). The van der Waals surface area contributed by atoms with Crippen LogP contribution in [0.5, 0.6) is 0 Å². The van der Waals surface area contributed by atoms with Gasteiger partial charge in [0.2, 0.25) is 0 Å². The zero-order valence-electron chi connectivity index (χ0n) is 7.94. The maximum absolute atomic E-state index is 11.6. The van der Waals surface area contributed by atoms with Crippen LogP contribution in [0.25, 0.3) is 0 Å². The van der Waals surface area contributed by atoms with Crippen molar-refractivity contribution in [3.8, 4) is 0 Å². The molecule has 4 nitrogen and oxygen atoms in total. The molecule has 14 heavy (non-hydrogen) atoms. The molecule has 3 fully saturated rings. The van der Waals surface area contributed by atoms with E-state index in [0.29, 0.717) is 26.1 Å². The van der Waals surface area contributed by atoms with Crippen molar-refractivity contribution in [3.63, 3.8) is 0 Å². The van der Waals surface area contributed by atoms with Gasteiger partial charge in [-0.1, -0.05) is 0 Å². The summed E-state index contributed by atoms with van der Waals surface area (Å²) in [5.74, 6) is -0.534. The fraction of sp³-hybridized carbons (Fsp3) is 0.900. The van der Waals surface area contributed by atoms with Crippen LogP contribution in [0.3, 0.4) is 0 Å². The van der Waals surface area contributed by atoms with Crippen molar-refractivity contribution < 1.29 is 19.4 Å². The summed E-state index contributed by atoms with van der Waals surface area (Å²) >= 11 is 0. The molecule has 0 aromatic carbocycles. The van der Waals surface area contributed by atoms with Crippen LogP contribution in [0.2, 0.25) is 0 Å². The number of carbonyl (C=O) groups excluding carboxylic acids is 1. The Morgan fingerprint density at radius 2 is 2.00 bits per heavy atom. The Kier molecular flexibility index (Phi) is 1.75. The van der Waals surface area contributed by atoms with Gasteiger partial charge in [0.25, 0.3) is 0 Å². The lowest BCUT2D eigenvalue weighted by molar-refractivity contribution is -0.192. The second-order valence-electron chi connectivity index (χ2n) is 4.56. The summed E-state index contributed by atoms with van der Waals surface area (Å²) in [6.45, 7) is 1.23. The van der Waals surface area contributed by atoms with Crippen molar-refractivity contribution in [1.29, 1.82) is 0 Å². The first-order valence-corrected chi connectivity index (χ1v) is 5.20. The van der Waals surface area contributed by atoms with Crippen molar-refractivity contribution in [2.45, 2.75) is 31.2 Å². The average Bonchev–Trinajstić information content (AvgIpc) is 2.69. The van der Waals surface area contributed by atoms with Crippen LogP contribution in [0, 0.1) is 11.8 Å². The number of Topliss-reactive ketones (excluding diaryl/α,β-unsaturated/α-hetero) is 1. The zero-order valence-corrected chi connectivity index (χ0v) is 7.94. The molecule has 1 spiro atoms. The van der Waals surface area contributed by atoms with Gasteiger partial charge in [0.15, 0.2) is 11.6 Å². The first kappa shape index (κ1) is 8.83. The van der Waals surface area contributed by atoms with Crippen LogP contribution in [0.15, 0.2) is 0 Å². The molecular weight excluding hydrogens is 184 g/mol. The molecule has 0 amide bonds.